The summed E-state index contributed by atoms with van der Waals surface area (Å²) in [6.45, 7) is 0.938. The number of nitrogen functional groups attached to an aromatic ring is 3. The quantitative estimate of drug-likeness (QED) is 0.0421. The number of carboxylic acids is 4. The molecule has 1 aliphatic heterocycles. The minimum absolute atomic E-state index is 0.0138. The Morgan fingerprint density at radius 3 is 1.92 bits per heavy atom. The third kappa shape index (κ3) is 15.7. The van der Waals surface area contributed by atoms with E-state index in [1.54, 1.807) is 35.4 Å². The van der Waals surface area contributed by atoms with E-state index in [0.29, 0.717) is 48.2 Å². The van der Waals surface area contributed by atoms with Gasteiger partial charge < -0.3 is 73.7 Å². The number of nitrogens with two attached hydrogens (primary N) is 3. The molecule has 3 atom stereocenters. The summed E-state index contributed by atoms with van der Waals surface area (Å²) in [7, 11) is 1.82. The van der Waals surface area contributed by atoms with E-state index in [-0.39, 0.29) is 66.2 Å². The van der Waals surface area contributed by atoms with Crippen LogP contribution in [-0.4, -0.2) is 141 Å². The van der Waals surface area contributed by atoms with Gasteiger partial charge in [-0.15, -0.1) is 0 Å². The number of aliphatic carboxylic acids is 4. The summed E-state index contributed by atoms with van der Waals surface area (Å²) in [6.07, 6.45) is 1.57. The van der Waals surface area contributed by atoms with Gasteiger partial charge in [0.1, 0.15) is 12.1 Å². The second-order valence-electron chi connectivity index (χ2n) is 16.1. The molecule has 32 heteroatoms. The van der Waals surface area contributed by atoms with Crippen molar-refractivity contribution in [2.45, 2.75) is 50.4 Å². The van der Waals surface area contributed by atoms with Crippen LogP contribution in [0.1, 0.15) is 52.1 Å². The van der Waals surface area contributed by atoms with Gasteiger partial charge in [-0.05, 0) is 61.4 Å². The highest BCUT2D eigenvalue weighted by Gasteiger charge is 2.30. The van der Waals surface area contributed by atoms with Crippen LogP contribution in [0.25, 0.3) is 11.2 Å². The van der Waals surface area contributed by atoms with Gasteiger partial charge >= 0.3 is 29.6 Å². The molecule has 17 N–H and O–H groups in total. The second kappa shape index (κ2) is 25.7. The zero-order valence-electron chi connectivity index (χ0n) is 39.6. The van der Waals surface area contributed by atoms with Gasteiger partial charge in [0.2, 0.25) is 24.1 Å². The van der Waals surface area contributed by atoms with Crippen molar-refractivity contribution >= 4 is 93.9 Å². The van der Waals surface area contributed by atoms with E-state index >= 15 is 0 Å². The summed E-state index contributed by atoms with van der Waals surface area (Å²) >= 11 is 0. The maximum Gasteiger partial charge on any atom is 0.326 e. The minimum atomic E-state index is -1.33. The van der Waals surface area contributed by atoms with E-state index in [0.717, 1.165) is 5.69 Å². The maximum atomic E-state index is 12.4. The van der Waals surface area contributed by atoms with Crippen molar-refractivity contribution in [1.29, 1.82) is 0 Å². The van der Waals surface area contributed by atoms with E-state index in [2.05, 4.69) is 51.2 Å². The normalized spacial score (nSPS) is 13.1. The summed E-state index contributed by atoms with van der Waals surface area (Å²) in [6, 6.07) is 9.52. The number of rotatable bonds is 19. The van der Waals surface area contributed by atoms with Crippen LogP contribution in [0.15, 0.2) is 75.3 Å². The Bertz CT molecular complexity index is 3300. The third-order valence-corrected chi connectivity index (χ3v) is 10.6. The number of benzene rings is 2. The Morgan fingerprint density at radius 1 is 0.816 bits per heavy atom. The van der Waals surface area contributed by atoms with Gasteiger partial charge in [-0.1, -0.05) is 0 Å². The van der Waals surface area contributed by atoms with Gasteiger partial charge in [0.15, 0.2) is 28.5 Å². The molecule has 76 heavy (non-hydrogen) atoms. The lowest BCUT2D eigenvalue weighted by Gasteiger charge is -2.34. The number of amides is 3. The Morgan fingerprint density at radius 2 is 1.39 bits per heavy atom. The Hall–Kier alpha value is -10.6. The summed E-state index contributed by atoms with van der Waals surface area (Å²) in [5, 5.41) is 46.5. The van der Waals surface area contributed by atoms with E-state index in [1.807, 2.05) is 16.9 Å². The molecule has 1 aliphatic rings. The fourth-order valence-corrected chi connectivity index (χ4v) is 6.81. The number of carboxylic acid groups (broad SMARTS) is 4. The largest absolute Gasteiger partial charge is 0.481 e. The SMILES string of the molecule is CN(Cc1cnc2nc(N)nc(N)c2n1)c1ccc(C(=O)N[C@@H](CCC(=O)O)C(=O)O)cc1.Nc1nc2c(c(=O)[nH]1)N(C=O)[C@H](CNc1ccc(C(=O)N[C@H](CCC(=O)O)C(=O)O)cc1)CN2.O=c1[nH]cc(F)c(=O)[nH]1. The minimum Gasteiger partial charge on any atom is -0.481 e. The number of anilines is 7. The van der Waals surface area contributed by atoms with Crippen LogP contribution < -0.4 is 65.1 Å². The van der Waals surface area contributed by atoms with Crippen LogP contribution in [0.5, 0.6) is 0 Å². The Labute approximate surface area is 424 Å². The molecule has 2 aromatic carbocycles. The molecule has 0 saturated heterocycles. The summed E-state index contributed by atoms with van der Waals surface area (Å²) in [4.78, 5) is 142. The number of aromatic nitrogens is 8. The molecule has 6 aromatic rings. The molecule has 4 aromatic heterocycles. The number of nitrogens with one attached hydrogen (secondary N) is 7. The van der Waals surface area contributed by atoms with Crippen molar-refractivity contribution < 1.29 is 58.4 Å². The molecule has 0 fully saturated rings. The smallest absolute Gasteiger partial charge is 0.326 e. The number of H-pyrrole nitrogens is 3. The highest BCUT2D eigenvalue weighted by Crippen LogP contribution is 2.26. The lowest BCUT2D eigenvalue weighted by atomic mass is 10.1. The average molecular weight is 1060 g/mol. The van der Waals surface area contributed by atoms with E-state index in [9.17, 15) is 62.5 Å². The van der Waals surface area contributed by atoms with Crippen LogP contribution in [0.2, 0.25) is 0 Å². The van der Waals surface area contributed by atoms with Crippen LogP contribution in [0.4, 0.5) is 45.0 Å². The molecular weight excluding hydrogens is 1010 g/mol. The van der Waals surface area contributed by atoms with Crippen molar-refractivity contribution in [3.05, 3.63) is 115 Å². The number of halogens is 1. The van der Waals surface area contributed by atoms with Gasteiger partial charge in [-0.3, -0.25) is 43.5 Å². The van der Waals surface area contributed by atoms with Gasteiger partial charge in [0.05, 0.1) is 24.5 Å². The first-order valence-electron chi connectivity index (χ1n) is 22.1. The highest BCUT2D eigenvalue weighted by atomic mass is 19.1. The van der Waals surface area contributed by atoms with E-state index < -0.39 is 82.9 Å². The lowest BCUT2D eigenvalue weighted by Crippen LogP contribution is -2.50. The van der Waals surface area contributed by atoms with Gasteiger partial charge in [-0.2, -0.15) is 19.3 Å². The summed E-state index contributed by atoms with van der Waals surface area (Å²) < 4.78 is 12.0. The Kier molecular flexibility index (Phi) is 19.1. The number of aromatic amines is 3. The monoisotopic (exact) mass is 1060 g/mol. The summed E-state index contributed by atoms with van der Waals surface area (Å²) in [5.74, 6) is -6.90. The molecule has 5 heterocycles. The average Bonchev–Trinajstić information content (AvgIpc) is 3.37. The first-order valence-corrected chi connectivity index (χ1v) is 22.1. The molecule has 31 nitrogen and oxygen atoms in total. The standard InChI is InChI=1S/C20H22N8O5.C20H23N7O7.C4H3FN2O2/c1-28(9-11-8-23-17-15(24-11)16(21)26-20(22)27-17)12-4-2-10(3-5-12)18(31)25-13(19(32)33)6-7-14(29)30;21-20-25-16-15(18(32)26-20)27(9-28)12(8-23-16)7-22-11-3-1-10(2-4-11)17(31)24-13(19(33)34)5-6-14(29)30;5-2-1-6-4(9)7-3(2)8/h2-5,8,13H,6-7,9H2,1H3,(H,25,31)(H,29,30)(H,32,33)(H4,21,22,23,26,27);1-4,9,12-13,22H,5-8H2,(H,24,31)(H,29,30)(H,33,34)(H4,21,23,25,26,32);1H,(H2,6,7,8,9)/t13-;12-,13-;/m01./s1. The molecule has 3 amide bonds. The Balaban J connectivity index is 0.000000241. The lowest BCUT2D eigenvalue weighted by molar-refractivity contribution is -0.142. The number of carbonyl (C=O) groups is 7. The zero-order valence-corrected chi connectivity index (χ0v) is 39.6. The molecule has 0 radical (unpaired) electrons. The molecule has 0 bridgehead atoms. The molecular formula is C44H48FN17O14. The van der Waals surface area contributed by atoms with Crippen molar-refractivity contribution in [3.63, 3.8) is 0 Å². The molecule has 0 unspecified atom stereocenters. The predicted molar refractivity (Wildman–Crippen MR) is 267 cm³/mol. The van der Waals surface area contributed by atoms with E-state index in [4.69, 9.17) is 27.4 Å². The van der Waals surface area contributed by atoms with Crippen LogP contribution in [-0.2, 0) is 30.5 Å². The molecule has 0 spiro atoms. The highest BCUT2D eigenvalue weighted by molar-refractivity contribution is 5.98. The topological polar surface area (TPSA) is 496 Å². The molecule has 7 rings (SSSR count). The predicted octanol–water partition coefficient (Wildman–Crippen LogP) is -1.26. The molecule has 0 saturated carbocycles. The van der Waals surface area contributed by atoms with Crippen molar-refractivity contribution in [3.8, 4) is 0 Å². The second-order valence-corrected chi connectivity index (χ2v) is 16.1. The molecule has 400 valence electrons. The zero-order chi connectivity index (χ0) is 55.8. The summed E-state index contributed by atoms with van der Waals surface area (Å²) in [5.41, 5.74) is 17.8. The van der Waals surface area contributed by atoms with Gasteiger partial charge in [-0.25, -0.2) is 24.4 Å². The number of fused-ring (bicyclic) bond motifs is 2. The molecule has 0 aliphatic carbocycles. The fraction of sp³-hybridized carbons (Fsp3) is 0.250. The van der Waals surface area contributed by atoms with Gasteiger partial charge in [0, 0.05) is 61.7 Å². The van der Waals surface area contributed by atoms with Crippen LogP contribution in [0.3, 0.4) is 0 Å². The number of nitrogens with zero attached hydrogens (tertiary/aromatic N) is 7. The van der Waals surface area contributed by atoms with E-state index in [1.165, 1.54) is 29.2 Å². The number of carbonyl (C=O) groups excluding carboxylic acids is 3. The number of hydrogen-bond donors (Lipinski definition) is 14. The maximum absolute atomic E-state index is 12.4. The fourth-order valence-electron chi connectivity index (χ4n) is 6.81. The third-order valence-electron chi connectivity index (χ3n) is 10.6. The number of hydrogen-bond acceptors (Lipinski definition) is 21. The van der Waals surface area contributed by atoms with Crippen molar-refractivity contribution in [2.24, 2.45) is 0 Å². The van der Waals surface area contributed by atoms with Crippen LogP contribution >= 0.6 is 0 Å². The van der Waals surface area contributed by atoms with Crippen molar-refractivity contribution in [1.82, 2.24) is 50.5 Å². The van der Waals surface area contributed by atoms with Gasteiger partial charge in [0.25, 0.3) is 22.9 Å². The first kappa shape index (κ1) is 56.4. The first-order chi connectivity index (χ1) is 36.0. The van der Waals surface area contributed by atoms with Crippen LogP contribution in [0, 0.1) is 5.82 Å². The van der Waals surface area contributed by atoms with Crippen molar-refractivity contribution in [2.75, 3.05) is 57.8 Å².